The standard InChI is InChI=1S/C14H16N4O3/c1-3-21-14(20)12-13(18(2)8-11(15)19)9-6-4-5-7-10(9)16-17-12/h4-7H,3,8H2,1-2H3,(H2,15,19). The molecule has 7 heteroatoms. The molecule has 21 heavy (non-hydrogen) atoms. The molecule has 0 unspecified atom stereocenters. The molecule has 0 aliphatic heterocycles. The Kier molecular flexibility index (Phi) is 4.32. The number of nitrogens with two attached hydrogens (primary N) is 1. The monoisotopic (exact) mass is 288 g/mol. The fraction of sp³-hybridized carbons (Fsp3) is 0.286. The molecule has 2 rings (SSSR count). The van der Waals surface area contributed by atoms with Gasteiger partial charge in [-0.25, -0.2) is 4.79 Å². The Morgan fingerprint density at radius 2 is 2.00 bits per heavy atom. The Bertz CT molecular complexity index is 687. The van der Waals surface area contributed by atoms with Gasteiger partial charge in [0.05, 0.1) is 24.4 Å². The lowest BCUT2D eigenvalue weighted by Crippen LogP contribution is -2.32. The number of hydrogen-bond acceptors (Lipinski definition) is 6. The quantitative estimate of drug-likeness (QED) is 0.814. The maximum Gasteiger partial charge on any atom is 0.361 e. The summed E-state index contributed by atoms with van der Waals surface area (Å²) in [6.45, 7) is 1.90. The van der Waals surface area contributed by atoms with Crippen molar-refractivity contribution in [3.63, 3.8) is 0 Å². The van der Waals surface area contributed by atoms with Crippen molar-refractivity contribution in [2.45, 2.75) is 6.92 Å². The van der Waals surface area contributed by atoms with E-state index < -0.39 is 11.9 Å². The van der Waals surface area contributed by atoms with Crippen LogP contribution in [0, 0.1) is 0 Å². The van der Waals surface area contributed by atoms with Gasteiger partial charge in [0.25, 0.3) is 0 Å². The predicted molar refractivity (Wildman–Crippen MR) is 78.0 cm³/mol. The Labute approximate surface area is 121 Å². The lowest BCUT2D eigenvalue weighted by molar-refractivity contribution is -0.116. The molecule has 1 aromatic carbocycles. The number of hydrogen-bond donors (Lipinski definition) is 1. The highest BCUT2D eigenvalue weighted by molar-refractivity contribution is 6.04. The molecule has 0 aliphatic carbocycles. The first-order valence-corrected chi connectivity index (χ1v) is 6.46. The second-order valence-electron chi connectivity index (χ2n) is 4.46. The number of aromatic nitrogens is 2. The van der Waals surface area contributed by atoms with Crippen LogP contribution in [-0.2, 0) is 9.53 Å². The van der Waals surface area contributed by atoms with Crippen LogP contribution >= 0.6 is 0 Å². The van der Waals surface area contributed by atoms with Gasteiger partial charge in [-0.1, -0.05) is 18.2 Å². The number of nitrogens with zero attached hydrogens (tertiary/aromatic N) is 3. The number of anilines is 1. The molecule has 0 bridgehead atoms. The fourth-order valence-electron chi connectivity index (χ4n) is 2.08. The topological polar surface area (TPSA) is 98.4 Å². The minimum atomic E-state index is -0.581. The third-order valence-electron chi connectivity index (χ3n) is 2.88. The van der Waals surface area contributed by atoms with Crippen molar-refractivity contribution >= 4 is 28.5 Å². The van der Waals surface area contributed by atoms with Crippen LogP contribution < -0.4 is 10.6 Å². The van der Waals surface area contributed by atoms with Crippen molar-refractivity contribution in [3.05, 3.63) is 30.0 Å². The van der Waals surface area contributed by atoms with E-state index in [1.165, 1.54) is 0 Å². The number of primary amides is 1. The van der Waals surface area contributed by atoms with Crippen molar-refractivity contribution in [3.8, 4) is 0 Å². The van der Waals surface area contributed by atoms with Crippen LogP contribution in [0.3, 0.4) is 0 Å². The van der Waals surface area contributed by atoms with Gasteiger partial charge in [-0.05, 0) is 13.0 Å². The molecule has 0 saturated heterocycles. The van der Waals surface area contributed by atoms with Crippen molar-refractivity contribution in [2.24, 2.45) is 5.73 Å². The van der Waals surface area contributed by atoms with Gasteiger partial charge in [0.2, 0.25) is 5.91 Å². The van der Waals surface area contributed by atoms with Gasteiger partial charge in [-0.15, -0.1) is 10.2 Å². The normalized spacial score (nSPS) is 10.4. The molecule has 2 N–H and O–H groups in total. The third kappa shape index (κ3) is 3.07. The second kappa shape index (κ2) is 6.17. The summed E-state index contributed by atoms with van der Waals surface area (Å²) < 4.78 is 4.99. The largest absolute Gasteiger partial charge is 0.461 e. The number of benzene rings is 1. The summed E-state index contributed by atoms with van der Waals surface area (Å²) in [5.74, 6) is -1.09. The number of carbonyl (C=O) groups excluding carboxylic acids is 2. The SMILES string of the molecule is CCOC(=O)c1nnc2ccccc2c1N(C)CC(N)=O. The molecule has 110 valence electrons. The fourth-order valence-corrected chi connectivity index (χ4v) is 2.08. The van der Waals surface area contributed by atoms with Crippen molar-refractivity contribution in [1.82, 2.24) is 10.2 Å². The van der Waals surface area contributed by atoms with Crippen molar-refractivity contribution in [2.75, 3.05) is 25.1 Å². The highest BCUT2D eigenvalue weighted by atomic mass is 16.5. The number of fused-ring (bicyclic) bond motifs is 1. The number of ether oxygens (including phenoxy) is 1. The Morgan fingerprint density at radius 1 is 1.29 bits per heavy atom. The summed E-state index contributed by atoms with van der Waals surface area (Å²) in [6.07, 6.45) is 0. The van der Waals surface area contributed by atoms with Gasteiger partial charge < -0.3 is 15.4 Å². The van der Waals surface area contributed by atoms with E-state index in [0.29, 0.717) is 16.6 Å². The molecule has 1 aromatic heterocycles. The molecule has 7 nitrogen and oxygen atoms in total. The molecular formula is C14H16N4O3. The molecule has 1 heterocycles. The molecule has 0 aliphatic rings. The number of carbonyl (C=O) groups is 2. The van der Waals surface area contributed by atoms with Crippen LogP contribution in [0.15, 0.2) is 24.3 Å². The minimum absolute atomic E-state index is 0.0396. The van der Waals surface area contributed by atoms with E-state index in [-0.39, 0.29) is 18.8 Å². The Balaban J connectivity index is 2.62. The molecule has 2 aromatic rings. The van der Waals surface area contributed by atoms with E-state index in [2.05, 4.69) is 10.2 Å². The van der Waals surface area contributed by atoms with Gasteiger partial charge in [0, 0.05) is 12.4 Å². The van der Waals surface area contributed by atoms with Crippen LogP contribution in [0.25, 0.3) is 10.9 Å². The first-order chi connectivity index (χ1) is 10.0. The maximum absolute atomic E-state index is 12.0. The zero-order chi connectivity index (χ0) is 15.4. The van der Waals surface area contributed by atoms with Gasteiger partial charge in [-0.2, -0.15) is 0 Å². The maximum atomic E-state index is 12.0. The Morgan fingerprint density at radius 3 is 2.67 bits per heavy atom. The van der Waals surface area contributed by atoms with E-state index in [1.807, 2.05) is 12.1 Å². The lowest BCUT2D eigenvalue weighted by atomic mass is 10.1. The van der Waals surface area contributed by atoms with E-state index in [4.69, 9.17) is 10.5 Å². The van der Waals surface area contributed by atoms with Gasteiger partial charge in [0.15, 0.2) is 5.69 Å². The zero-order valence-electron chi connectivity index (χ0n) is 11.9. The molecule has 0 fully saturated rings. The highest BCUT2D eigenvalue weighted by Crippen LogP contribution is 2.27. The molecule has 0 atom stereocenters. The third-order valence-corrected chi connectivity index (χ3v) is 2.88. The van der Waals surface area contributed by atoms with Crippen molar-refractivity contribution < 1.29 is 14.3 Å². The predicted octanol–water partition coefficient (Wildman–Crippen LogP) is 0.728. The number of likely N-dealkylation sites (N-methyl/N-ethyl adjacent to an activating group) is 1. The lowest BCUT2D eigenvalue weighted by Gasteiger charge is -2.21. The smallest absolute Gasteiger partial charge is 0.361 e. The zero-order valence-corrected chi connectivity index (χ0v) is 11.9. The van der Waals surface area contributed by atoms with Crippen LogP contribution in [0.4, 0.5) is 5.69 Å². The van der Waals surface area contributed by atoms with Gasteiger partial charge in [-0.3, -0.25) is 4.79 Å². The van der Waals surface area contributed by atoms with Crippen LogP contribution in [0.2, 0.25) is 0 Å². The van der Waals surface area contributed by atoms with Crippen molar-refractivity contribution in [1.29, 1.82) is 0 Å². The van der Waals surface area contributed by atoms with Gasteiger partial charge in [0.1, 0.15) is 0 Å². The summed E-state index contributed by atoms with van der Waals surface area (Å²) in [6, 6.07) is 7.22. The van der Waals surface area contributed by atoms with Crippen LogP contribution in [-0.4, -0.2) is 42.3 Å². The van der Waals surface area contributed by atoms with Crippen LogP contribution in [0.1, 0.15) is 17.4 Å². The number of amides is 1. The summed E-state index contributed by atoms with van der Waals surface area (Å²) in [7, 11) is 1.66. The molecule has 0 radical (unpaired) electrons. The first-order valence-electron chi connectivity index (χ1n) is 6.46. The first kappa shape index (κ1) is 14.7. The Hall–Kier alpha value is -2.70. The second-order valence-corrected chi connectivity index (χ2v) is 4.46. The summed E-state index contributed by atoms with van der Waals surface area (Å²) >= 11 is 0. The van der Waals surface area contributed by atoms with E-state index in [1.54, 1.807) is 31.0 Å². The van der Waals surface area contributed by atoms with E-state index in [9.17, 15) is 9.59 Å². The molecule has 0 saturated carbocycles. The molecule has 1 amide bonds. The minimum Gasteiger partial charge on any atom is -0.461 e. The average molecular weight is 288 g/mol. The van der Waals surface area contributed by atoms with Gasteiger partial charge >= 0.3 is 5.97 Å². The van der Waals surface area contributed by atoms with Crippen LogP contribution in [0.5, 0.6) is 0 Å². The molecule has 0 spiro atoms. The summed E-state index contributed by atoms with van der Waals surface area (Å²) in [5, 5.41) is 8.66. The average Bonchev–Trinajstić information content (AvgIpc) is 2.45. The summed E-state index contributed by atoms with van der Waals surface area (Å²) in [4.78, 5) is 24.8. The molecular weight excluding hydrogens is 272 g/mol. The number of rotatable bonds is 5. The summed E-state index contributed by atoms with van der Waals surface area (Å²) in [5.41, 5.74) is 6.40. The van der Waals surface area contributed by atoms with E-state index in [0.717, 1.165) is 0 Å². The van der Waals surface area contributed by atoms with E-state index >= 15 is 0 Å². The number of esters is 1. The highest BCUT2D eigenvalue weighted by Gasteiger charge is 2.22.